The minimum Gasteiger partial charge on any atom is -0.461 e. The van der Waals surface area contributed by atoms with Crippen molar-refractivity contribution in [1.29, 1.82) is 5.26 Å². The molecule has 5 aliphatic rings. The topological polar surface area (TPSA) is 141 Å². The summed E-state index contributed by atoms with van der Waals surface area (Å²) in [5.74, 6) is -1.32. The highest BCUT2D eigenvalue weighted by Gasteiger charge is 2.54. The second kappa shape index (κ2) is 12.6. The molecule has 278 valence electrons. The molecule has 4 aromatic rings. The highest BCUT2D eigenvalue weighted by atomic mass is 35.5. The van der Waals surface area contributed by atoms with Crippen molar-refractivity contribution in [2.24, 2.45) is 5.41 Å². The lowest BCUT2D eigenvalue weighted by atomic mass is 9.75. The molecule has 5 saturated heterocycles. The molecule has 2 aromatic heterocycles. The number of rotatable bonds is 6. The second-order valence-electron chi connectivity index (χ2n) is 15.5. The first-order chi connectivity index (χ1) is 25.4. The molecular formula is C37H37ClF3N7O4S. The molecule has 9 rings (SSSR count). The molecule has 5 fully saturated rings. The number of aliphatic hydroxyl groups is 1. The fourth-order valence-corrected chi connectivity index (χ4v) is 10.5. The molecule has 0 unspecified atom stereocenters. The van der Waals surface area contributed by atoms with Gasteiger partial charge in [0.15, 0.2) is 11.4 Å². The van der Waals surface area contributed by atoms with Gasteiger partial charge in [0.2, 0.25) is 0 Å². The van der Waals surface area contributed by atoms with Crippen molar-refractivity contribution < 1.29 is 32.5 Å². The van der Waals surface area contributed by atoms with Crippen LogP contribution in [0.4, 0.5) is 24.0 Å². The number of ether oxygens (including phenoxy) is 2. The van der Waals surface area contributed by atoms with E-state index in [2.05, 4.69) is 14.8 Å². The Balaban J connectivity index is 1.14. The molecule has 7 heterocycles. The quantitative estimate of drug-likeness (QED) is 0.261. The largest absolute Gasteiger partial charge is 0.461 e. The summed E-state index contributed by atoms with van der Waals surface area (Å²) in [4.78, 5) is 28.4. The molecule has 0 bridgehead atoms. The molecule has 0 radical (unpaired) electrons. The Kier molecular flexibility index (Phi) is 8.25. The van der Waals surface area contributed by atoms with Gasteiger partial charge in [0.25, 0.3) is 5.91 Å². The lowest BCUT2D eigenvalue weighted by molar-refractivity contribution is -0.208. The van der Waals surface area contributed by atoms with Crippen LogP contribution in [0.2, 0.25) is 5.02 Å². The van der Waals surface area contributed by atoms with Crippen LogP contribution in [0, 0.1) is 28.4 Å². The summed E-state index contributed by atoms with van der Waals surface area (Å²) in [6, 6.07) is 6.13. The van der Waals surface area contributed by atoms with Crippen LogP contribution in [0.3, 0.4) is 0 Å². The molecule has 1 amide bonds. The van der Waals surface area contributed by atoms with Gasteiger partial charge >= 0.3 is 6.01 Å². The summed E-state index contributed by atoms with van der Waals surface area (Å²) in [5.41, 5.74) is 3.92. The summed E-state index contributed by atoms with van der Waals surface area (Å²) in [7, 11) is 0. The Bertz CT molecular complexity index is 2220. The van der Waals surface area contributed by atoms with Gasteiger partial charge in [0.1, 0.15) is 41.0 Å². The normalized spacial score (nSPS) is 24.9. The maximum Gasteiger partial charge on any atom is 0.319 e. The number of anilines is 2. The Morgan fingerprint density at radius 2 is 1.98 bits per heavy atom. The molecule has 1 spiro atoms. The standard InChI is InChI=1S/C37H37ClF3N7O4S/c38-24-10-22-29(28(41)27(24)21-4-5-25(40)30-26(21)23(12-42)31(43)53-30)44-34(52-17-36-7-3-9-48(36)13-20(39)11-36)45-32(22)46-8-2-1-6-35(14-46)15-47(16-35)33(49)37(50)18-51-19-37/h4-5,10,20,50H,1-3,6-9,11,13-19,43H2/t20-,36+/m1/s1. The van der Waals surface area contributed by atoms with Gasteiger partial charge in [0, 0.05) is 60.9 Å². The summed E-state index contributed by atoms with van der Waals surface area (Å²) in [6.45, 7) is 3.19. The van der Waals surface area contributed by atoms with Crippen molar-refractivity contribution >= 4 is 60.7 Å². The number of hydrogen-bond donors (Lipinski definition) is 2. The van der Waals surface area contributed by atoms with Gasteiger partial charge < -0.3 is 30.1 Å². The predicted octanol–water partition coefficient (Wildman–Crippen LogP) is 5.43. The summed E-state index contributed by atoms with van der Waals surface area (Å²) >= 11 is 7.84. The van der Waals surface area contributed by atoms with Crippen molar-refractivity contribution in [3.8, 4) is 23.2 Å². The predicted molar refractivity (Wildman–Crippen MR) is 194 cm³/mol. The molecule has 0 aliphatic carbocycles. The smallest absolute Gasteiger partial charge is 0.319 e. The number of nitrogens with two attached hydrogens (primary N) is 1. The van der Waals surface area contributed by atoms with Gasteiger partial charge in [-0.2, -0.15) is 15.2 Å². The molecule has 11 nitrogen and oxygen atoms in total. The van der Waals surface area contributed by atoms with Crippen LogP contribution in [0.25, 0.3) is 32.1 Å². The summed E-state index contributed by atoms with van der Waals surface area (Å²) < 4.78 is 58.4. The lowest BCUT2D eigenvalue weighted by Gasteiger charge is -2.54. The number of hydrogen-bond acceptors (Lipinski definition) is 11. The van der Waals surface area contributed by atoms with E-state index in [-0.39, 0.29) is 79.5 Å². The number of thiophene rings is 1. The number of amides is 1. The van der Waals surface area contributed by atoms with Gasteiger partial charge in [-0.15, -0.1) is 11.3 Å². The Morgan fingerprint density at radius 1 is 1.17 bits per heavy atom. The van der Waals surface area contributed by atoms with E-state index in [9.17, 15) is 23.9 Å². The summed E-state index contributed by atoms with van der Waals surface area (Å²) in [5, 5.41) is 21.2. The van der Waals surface area contributed by atoms with Crippen molar-refractivity contribution in [1.82, 2.24) is 19.8 Å². The van der Waals surface area contributed by atoms with E-state index < -0.39 is 28.9 Å². The Morgan fingerprint density at radius 3 is 2.74 bits per heavy atom. The third kappa shape index (κ3) is 5.51. The molecule has 2 atom stereocenters. The second-order valence-corrected chi connectivity index (χ2v) is 16.9. The number of aromatic nitrogens is 2. The maximum atomic E-state index is 17.2. The first-order valence-corrected chi connectivity index (χ1v) is 19.1. The molecule has 16 heteroatoms. The van der Waals surface area contributed by atoms with Crippen LogP contribution in [0.1, 0.15) is 44.1 Å². The SMILES string of the molecule is N#Cc1c(N)sc2c(F)ccc(-c3c(Cl)cc4c(N5CCCCC6(CN(C(=O)C7(O)COC7)C6)C5)nc(OC[C@@]56CCCN5C[C@H](F)C6)nc4c3F)c12. The number of nitriles is 1. The monoisotopic (exact) mass is 767 g/mol. The van der Waals surface area contributed by atoms with Crippen molar-refractivity contribution in [3.05, 3.63) is 40.4 Å². The number of benzene rings is 2. The number of halogens is 4. The van der Waals surface area contributed by atoms with E-state index in [1.54, 1.807) is 11.0 Å². The number of fused-ring (bicyclic) bond motifs is 3. The van der Waals surface area contributed by atoms with E-state index in [1.165, 1.54) is 12.1 Å². The van der Waals surface area contributed by atoms with Crippen LogP contribution in [-0.4, -0.2) is 107 Å². The fourth-order valence-electron chi connectivity index (χ4n) is 9.29. The molecule has 3 N–H and O–H groups in total. The Hall–Kier alpha value is -3.94. The molecular weight excluding hydrogens is 731 g/mol. The van der Waals surface area contributed by atoms with Crippen LogP contribution < -0.4 is 15.4 Å². The lowest BCUT2D eigenvalue weighted by Crippen LogP contribution is -2.69. The molecule has 2 aromatic carbocycles. The third-order valence-electron chi connectivity index (χ3n) is 11.9. The maximum absolute atomic E-state index is 17.2. The van der Waals surface area contributed by atoms with Crippen molar-refractivity contribution in [2.45, 2.75) is 55.8 Å². The number of carbonyl (C=O) groups is 1. The number of carbonyl (C=O) groups excluding carboxylic acids is 1. The van der Waals surface area contributed by atoms with Crippen molar-refractivity contribution in [2.75, 3.05) is 69.7 Å². The first-order valence-electron chi connectivity index (χ1n) is 17.9. The average molecular weight is 768 g/mol. The fraction of sp³-hybridized carbons (Fsp3) is 0.514. The van der Waals surface area contributed by atoms with Gasteiger partial charge in [-0.05, 0) is 49.9 Å². The van der Waals surface area contributed by atoms with Crippen LogP contribution in [0.5, 0.6) is 6.01 Å². The highest BCUT2D eigenvalue weighted by molar-refractivity contribution is 7.23. The van der Waals surface area contributed by atoms with E-state index >= 15 is 4.39 Å². The number of alkyl halides is 1. The number of likely N-dealkylation sites (tertiary alicyclic amines) is 1. The van der Waals surface area contributed by atoms with E-state index in [1.807, 2.05) is 6.07 Å². The average Bonchev–Trinajstić information content (AvgIpc) is 3.68. The number of nitrogen functional groups attached to an aromatic ring is 1. The van der Waals surface area contributed by atoms with Gasteiger partial charge in [-0.25, -0.2) is 13.2 Å². The highest BCUT2D eigenvalue weighted by Crippen LogP contribution is 2.47. The van der Waals surface area contributed by atoms with Crippen LogP contribution >= 0.6 is 22.9 Å². The van der Waals surface area contributed by atoms with Gasteiger partial charge in [-0.3, -0.25) is 9.69 Å². The first kappa shape index (κ1) is 34.8. The Labute approximate surface area is 312 Å². The van der Waals surface area contributed by atoms with E-state index in [0.717, 1.165) is 50.0 Å². The molecule has 5 aliphatic heterocycles. The zero-order valence-corrected chi connectivity index (χ0v) is 30.3. The van der Waals surface area contributed by atoms with Crippen molar-refractivity contribution in [3.63, 3.8) is 0 Å². The third-order valence-corrected chi connectivity index (χ3v) is 13.2. The van der Waals surface area contributed by atoms with E-state index in [0.29, 0.717) is 50.3 Å². The number of nitrogens with zero attached hydrogens (tertiary/aromatic N) is 6. The van der Waals surface area contributed by atoms with Crippen LogP contribution in [-0.2, 0) is 9.53 Å². The van der Waals surface area contributed by atoms with Crippen LogP contribution in [0.15, 0.2) is 18.2 Å². The zero-order chi connectivity index (χ0) is 36.9. The van der Waals surface area contributed by atoms with E-state index in [4.69, 9.17) is 31.8 Å². The van der Waals surface area contributed by atoms with Gasteiger partial charge in [-0.1, -0.05) is 24.1 Å². The molecule has 0 saturated carbocycles. The molecule has 53 heavy (non-hydrogen) atoms. The summed E-state index contributed by atoms with van der Waals surface area (Å²) in [6.07, 6.45) is 3.60. The minimum atomic E-state index is -1.48. The minimum absolute atomic E-state index is 0.0106. The zero-order valence-electron chi connectivity index (χ0n) is 28.8. The van der Waals surface area contributed by atoms with Gasteiger partial charge in [0.05, 0.1) is 34.0 Å².